The minimum absolute atomic E-state index is 0. The maximum atomic E-state index is 12.2. The fraction of sp³-hybridized carbons (Fsp3) is 0.278. The van der Waals surface area contributed by atoms with Crippen molar-refractivity contribution in [3.63, 3.8) is 0 Å². The summed E-state index contributed by atoms with van der Waals surface area (Å²) in [6.07, 6.45) is 0.998. The highest BCUT2D eigenvalue weighted by molar-refractivity contribution is 5.85. The number of rotatable bonds is 4. The van der Waals surface area contributed by atoms with Gasteiger partial charge in [-0.3, -0.25) is 4.79 Å². The highest BCUT2D eigenvalue weighted by Crippen LogP contribution is 2.31. The Bertz CT molecular complexity index is 690. The summed E-state index contributed by atoms with van der Waals surface area (Å²) in [5.41, 5.74) is 9.69. The largest absolute Gasteiger partial charge is 0.399 e. The zero-order chi connectivity index (χ0) is 15.5. The molecular weight excluding hydrogens is 312 g/mol. The Balaban J connectivity index is 0.00000192. The molecule has 0 saturated heterocycles. The topological polar surface area (TPSA) is 75.4 Å². The number of aliphatic hydroxyl groups excluding tert-OH is 1. The number of nitrogen functional groups attached to an aromatic ring is 1. The van der Waals surface area contributed by atoms with Crippen LogP contribution < -0.4 is 11.1 Å². The molecule has 1 aliphatic rings. The van der Waals surface area contributed by atoms with Crippen molar-refractivity contribution in [2.24, 2.45) is 0 Å². The molecule has 4 N–H and O–H groups in total. The Morgan fingerprint density at radius 3 is 2.65 bits per heavy atom. The van der Waals surface area contributed by atoms with E-state index >= 15 is 0 Å². The highest BCUT2D eigenvalue weighted by Gasteiger charge is 2.31. The summed E-state index contributed by atoms with van der Waals surface area (Å²) >= 11 is 0. The molecule has 1 aliphatic carbocycles. The van der Waals surface area contributed by atoms with Crippen LogP contribution in [0.1, 0.15) is 29.2 Å². The fourth-order valence-corrected chi connectivity index (χ4v) is 3.00. The standard InChI is InChI=1S/C18H20N2O2.ClH/c19-15-8-4-2-5-12(15)9-10-17(22)20-18-14-7-3-1-6-13(14)11-16(18)21;/h1-8,16,18,21H,9-11,19H2,(H,20,22);1H/t16-,18+;/m0./s1. The first kappa shape index (κ1) is 17.3. The maximum absolute atomic E-state index is 12.2. The number of carbonyl (C=O) groups excluding carboxylic acids is 1. The number of hydrogen-bond donors (Lipinski definition) is 3. The zero-order valence-electron chi connectivity index (χ0n) is 12.7. The van der Waals surface area contributed by atoms with Gasteiger partial charge in [0, 0.05) is 18.5 Å². The second kappa shape index (κ2) is 7.49. The van der Waals surface area contributed by atoms with Crippen molar-refractivity contribution < 1.29 is 9.90 Å². The summed E-state index contributed by atoms with van der Waals surface area (Å²) in [6.45, 7) is 0. The summed E-state index contributed by atoms with van der Waals surface area (Å²) in [6, 6.07) is 15.1. The van der Waals surface area contributed by atoms with Crippen LogP contribution in [0.3, 0.4) is 0 Å². The van der Waals surface area contributed by atoms with Gasteiger partial charge in [0.15, 0.2) is 0 Å². The molecule has 0 bridgehead atoms. The van der Waals surface area contributed by atoms with E-state index < -0.39 is 6.10 Å². The van der Waals surface area contributed by atoms with Crippen molar-refractivity contribution in [3.8, 4) is 0 Å². The van der Waals surface area contributed by atoms with Gasteiger partial charge in [-0.2, -0.15) is 0 Å². The van der Waals surface area contributed by atoms with Crippen LogP contribution in [0.2, 0.25) is 0 Å². The van der Waals surface area contributed by atoms with Crippen LogP contribution in [0, 0.1) is 0 Å². The van der Waals surface area contributed by atoms with E-state index in [1.807, 2.05) is 48.5 Å². The van der Waals surface area contributed by atoms with E-state index in [0.717, 1.165) is 16.7 Å². The minimum atomic E-state index is -0.553. The van der Waals surface area contributed by atoms with Crippen LogP contribution in [0.25, 0.3) is 0 Å². The lowest BCUT2D eigenvalue weighted by atomic mass is 10.1. The Kier molecular flexibility index (Phi) is 5.64. The number of benzene rings is 2. The van der Waals surface area contributed by atoms with E-state index in [9.17, 15) is 9.90 Å². The van der Waals surface area contributed by atoms with Crippen molar-refractivity contribution in [1.29, 1.82) is 0 Å². The van der Waals surface area contributed by atoms with Crippen molar-refractivity contribution in [3.05, 3.63) is 65.2 Å². The summed E-state index contributed by atoms with van der Waals surface area (Å²) < 4.78 is 0. The van der Waals surface area contributed by atoms with Crippen LogP contribution in [-0.4, -0.2) is 17.1 Å². The van der Waals surface area contributed by atoms with E-state index in [4.69, 9.17) is 5.73 Å². The number of aryl methyl sites for hydroxylation is 1. The summed E-state index contributed by atoms with van der Waals surface area (Å²) in [7, 11) is 0. The molecular formula is C18H21ClN2O2. The third-order valence-corrected chi connectivity index (χ3v) is 4.20. The summed E-state index contributed by atoms with van der Waals surface area (Å²) in [5, 5.41) is 13.1. The molecule has 2 aromatic rings. The van der Waals surface area contributed by atoms with E-state index in [1.54, 1.807) is 0 Å². The van der Waals surface area contributed by atoms with Gasteiger partial charge in [-0.05, 0) is 29.2 Å². The first-order chi connectivity index (χ1) is 10.6. The van der Waals surface area contributed by atoms with Gasteiger partial charge in [0.05, 0.1) is 12.1 Å². The molecule has 0 spiro atoms. The SMILES string of the molecule is Cl.Nc1ccccc1CCC(=O)N[C@@H]1c2ccccc2C[C@@H]1O. The number of halogens is 1. The Hall–Kier alpha value is -2.04. The number of para-hydroxylation sites is 1. The number of fused-ring (bicyclic) bond motifs is 1. The van der Waals surface area contributed by atoms with Gasteiger partial charge in [-0.25, -0.2) is 0 Å². The number of carbonyl (C=O) groups is 1. The smallest absolute Gasteiger partial charge is 0.220 e. The summed E-state index contributed by atoms with van der Waals surface area (Å²) in [4.78, 5) is 12.2. The predicted molar refractivity (Wildman–Crippen MR) is 93.5 cm³/mol. The highest BCUT2D eigenvalue weighted by atomic mass is 35.5. The molecule has 0 aromatic heterocycles. The van der Waals surface area contributed by atoms with Crippen LogP contribution in [0.4, 0.5) is 5.69 Å². The van der Waals surface area contributed by atoms with Crippen LogP contribution in [0.15, 0.2) is 48.5 Å². The average Bonchev–Trinajstić information content (AvgIpc) is 2.83. The van der Waals surface area contributed by atoms with Crippen molar-refractivity contribution in [2.45, 2.75) is 31.4 Å². The molecule has 5 heteroatoms. The van der Waals surface area contributed by atoms with Crippen LogP contribution in [0.5, 0.6) is 0 Å². The second-order valence-electron chi connectivity index (χ2n) is 5.71. The van der Waals surface area contributed by atoms with Crippen molar-refractivity contribution in [2.75, 3.05) is 5.73 Å². The van der Waals surface area contributed by atoms with Gasteiger partial charge in [0.25, 0.3) is 0 Å². The molecule has 122 valence electrons. The average molecular weight is 333 g/mol. The van der Waals surface area contributed by atoms with Gasteiger partial charge >= 0.3 is 0 Å². The van der Waals surface area contributed by atoms with Gasteiger partial charge in [0.2, 0.25) is 5.91 Å². The van der Waals surface area contributed by atoms with Crippen LogP contribution >= 0.6 is 12.4 Å². The number of amides is 1. The third kappa shape index (κ3) is 3.84. The molecule has 0 heterocycles. The molecule has 0 aliphatic heterocycles. The molecule has 4 nitrogen and oxygen atoms in total. The summed E-state index contributed by atoms with van der Waals surface area (Å²) in [5.74, 6) is -0.0657. The maximum Gasteiger partial charge on any atom is 0.220 e. The predicted octanol–water partition coefficient (Wildman–Crippen LogP) is 2.40. The second-order valence-corrected chi connectivity index (χ2v) is 5.71. The number of hydrogen-bond acceptors (Lipinski definition) is 3. The monoisotopic (exact) mass is 332 g/mol. The Morgan fingerprint density at radius 2 is 1.87 bits per heavy atom. The molecule has 2 atom stereocenters. The number of nitrogens with one attached hydrogen (secondary N) is 1. The molecule has 0 saturated carbocycles. The number of nitrogens with two attached hydrogens (primary N) is 1. The minimum Gasteiger partial charge on any atom is -0.399 e. The fourth-order valence-electron chi connectivity index (χ4n) is 3.00. The molecule has 2 aromatic carbocycles. The Morgan fingerprint density at radius 1 is 1.17 bits per heavy atom. The molecule has 3 rings (SSSR count). The van der Waals surface area contributed by atoms with Gasteiger partial charge in [-0.15, -0.1) is 12.4 Å². The van der Waals surface area contributed by atoms with Gasteiger partial charge in [0.1, 0.15) is 0 Å². The van der Waals surface area contributed by atoms with E-state index in [2.05, 4.69) is 5.32 Å². The number of anilines is 1. The number of aliphatic hydroxyl groups is 1. The Labute approximate surface area is 142 Å². The van der Waals surface area contributed by atoms with E-state index in [0.29, 0.717) is 24.9 Å². The molecule has 0 fully saturated rings. The first-order valence-electron chi connectivity index (χ1n) is 7.54. The quantitative estimate of drug-likeness (QED) is 0.752. The molecule has 23 heavy (non-hydrogen) atoms. The van der Waals surface area contributed by atoms with E-state index in [1.165, 1.54) is 0 Å². The first-order valence-corrected chi connectivity index (χ1v) is 7.54. The third-order valence-electron chi connectivity index (χ3n) is 4.20. The lowest BCUT2D eigenvalue weighted by Crippen LogP contribution is -2.34. The normalized spacial score (nSPS) is 18.8. The van der Waals surface area contributed by atoms with Crippen molar-refractivity contribution in [1.82, 2.24) is 5.32 Å². The lowest BCUT2D eigenvalue weighted by Gasteiger charge is -2.18. The van der Waals surface area contributed by atoms with E-state index in [-0.39, 0.29) is 24.4 Å². The lowest BCUT2D eigenvalue weighted by molar-refractivity contribution is -0.122. The zero-order valence-corrected chi connectivity index (χ0v) is 13.6. The van der Waals surface area contributed by atoms with Crippen LogP contribution in [-0.2, 0) is 17.6 Å². The molecule has 0 unspecified atom stereocenters. The van der Waals surface area contributed by atoms with Gasteiger partial charge in [-0.1, -0.05) is 42.5 Å². The molecule has 0 radical (unpaired) electrons. The van der Waals surface area contributed by atoms with Gasteiger partial charge < -0.3 is 16.2 Å². The molecule has 1 amide bonds. The van der Waals surface area contributed by atoms with Crippen molar-refractivity contribution >= 4 is 24.0 Å².